The molecule has 0 bridgehead atoms. The molecule has 0 saturated carbocycles. The fourth-order valence-corrected chi connectivity index (χ4v) is 8.71. The lowest BCUT2D eigenvalue weighted by Crippen LogP contribution is -2.09. The van der Waals surface area contributed by atoms with Crippen molar-refractivity contribution in [1.29, 1.82) is 0 Å². The molecule has 4 aromatic rings. The second-order valence-electron chi connectivity index (χ2n) is 13.5. The van der Waals surface area contributed by atoms with Crippen molar-refractivity contribution in [2.45, 2.75) is 119 Å². The molecular weight excluding hydrogens is 723 g/mol. The van der Waals surface area contributed by atoms with Gasteiger partial charge in [0.15, 0.2) is 0 Å². The smallest absolute Gasteiger partial charge is 0.0981 e. The fraction of sp³-hybridized carbons (Fsp3) is 0.529. The number of hydrogen-bond donors (Lipinski definition) is 0. The molecule has 0 N–H and O–H groups in total. The Morgan fingerprint density at radius 2 is 1.21 bits per heavy atom. The van der Waals surface area contributed by atoms with Crippen LogP contribution in [0.4, 0.5) is 0 Å². The molecule has 8 heteroatoms. The van der Waals surface area contributed by atoms with Crippen LogP contribution in [0.5, 0.6) is 0 Å². The van der Waals surface area contributed by atoms with Crippen molar-refractivity contribution in [3.63, 3.8) is 0 Å². The first-order valence-corrected chi connectivity index (χ1v) is 19.4. The third-order valence-electron chi connectivity index (χ3n) is 5.46. The van der Waals surface area contributed by atoms with E-state index in [1.54, 1.807) is 22.7 Å². The first-order chi connectivity index (χ1) is 19.0. The highest BCUT2D eigenvalue weighted by Crippen LogP contribution is 2.38. The number of hydrogen-bond acceptors (Lipinski definition) is 4. The van der Waals surface area contributed by atoms with Crippen LogP contribution in [0.1, 0.15) is 118 Å². The molecule has 0 aromatic carbocycles. The van der Waals surface area contributed by atoms with Crippen LogP contribution in [0.2, 0.25) is 13.7 Å². The van der Waals surface area contributed by atoms with Crippen LogP contribution in [-0.2, 0) is 21.7 Å². The van der Waals surface area contributed by atoms with Crippen LogP contribution < -0.4 is 0 Å². The molecule has 0 nitrogen and oxygen atoms in total. The fourth-order valence-electron chi connectivity index (χ4n) is 3.09. The average Bonchev–Trinajstić information content (AvgIpc) is 3.62. The Labute approximate surface area is 297 Å². The van der Waals surface area contributed by atoms with Crippen molar-refractivity contribution in [2.75, 3.05) is 0 Å². The quantitative estimate of drug-likeness (QED) is 0.167. The molecule has 0 aliphatic heterocycles. The first-order valence-electron chi connectivity index (χ1n) is 14.0. The summed E-state index contributed by atoms with van der Waals surface area (Å²) in [5, 5.41) is 7.27. The zero-order valence-electron chi connectivity index (χ0n) is 27.8. The van der Waals surface area contributed by atoms with Gasteiger partial charge in [-0.2, -0.15) is 11.3 Å². The summed E-state index contributed by atoms with van der Waals surface area (Å²) in [6, 6.07) is 10.4. The van der Waals surface area contributed by atoms with Gasteiger partial charge in [0.1, 0.15) is 0 Å². The van der Waals surface area contributed by atoms with Crippen LogP contribution in [0.3, 0.4) is 0 Å². The molecule has 4 rings (SSSR count). The number of thiophene rings is 4. The SMILES string of the molecule is CC.CC(C)(C)c1cc(Cl)sc1Cl.CC(C)(C)c1ccc(Br)s1.CC(C)(C)c1ccsc1.CC(C)(C)c1sccc1Cl. The highest BCUT2D eigenvalue weighted by Gasteiger charge is 2.20. The Morgan fingerprint density at radius 1 is 0.643 bits per heavy atom. The Bertz CT molecular complexity index is 1270. The molecule has 0 atom stereocenters. The number of rotatable bonds is 0. The summed E-state index contributed by atoms with van der Waals surface area (Å²) >= 11 is 27.9. The molecule has 238 valence electrons. The second kappa shape index (κ2) is 18.3. The van der Waals surface area contributed by atoms with E-state index in [0.717, 1.165) is 19.3 Å². The molecule has 0 saturated heterocycles. The molecule has 4 aromatic heterocycles. The molecule has 0 radical (unpaired) electrons. The minimum absolute atomic E-state index is 0.0979. The Hall–Kier alpha value is 0.150. The third kappa shape index (κ3) is 15.9. The maximum absolute atomic E-state index is 5.96. The normalized spacial score (nSPS) is 11.6. The van der Waals surface area contributed by atoms with E-state index in [0.29, 0.717) is 10.8 Å². The van der Waals surface area contributed by atoms with Crippen LogP contribution in [-0.4, -0.2) is 0 Å². The zero-order chi connectivity index (χ0) is 33.1. The Morgan fingerprint density at radius 3 is 1.40 bits per heavy atom. The van der Waals surface area contributed by atoms with Gasteiger partial charge in [-0.1, -0.05) is 132 Å². The summed E-state index contributed by atoms with van der Waals surface area (Å²) in [5.41, 5.74) is 3.50. The maximum atomic E-state index is 5.96. The second-order valence-corrected chi connectivity index (χ2v) is 20.3. The van der Waals surface area contributed by atoms with E-state index in [1.165, 1.54) is 30.4 Å². The third-order valence-corrected chi connectivity index (χ3v) is 11.5. The van der Waals surface area contributed by atoms with Crippen LogP contribution in [0.15, 0.2) is 50.3 Å². The molecule has 42 heavy (non-hydrogen) atoms. The van der Waals surface area contributed by atoms with E-state index in [1.807, 2.05) is 42.7 Å². The van der Waals surface area contributed by atoms with E-state index in [2.05, 4.69) is 128 Å². The van der Waals surface area contributed by atoms with Gasteiger partial charge in [-0.25, -0.2) is 0 Å². The monoisotopic (exact) mass is 770 g/mol. The number of halogens is 4. The van der Waals surface area contributed by atoms with Gasteiger partial charge in [-0.05, 0) is 95.2 Å². The first kappa shape index (κ1) is 42.1. The van der Waals surface area contributed by atoms with Crippen molar-refractivity contribution in [2.24, 2.45) is 0 Å². The molecule has 0 aliphatic rings. The molecular formula is C34H50BrCl3S4. The molecule has 4 heterocycles. The van der Waals surface area contributed by atoms with Crippen LogP contribution in [0.25, 0.3) is 0 Å². The van der Waals surface area contributed by atoms with Crippen LogP contribution >= 0.6 is 96.1 Å². The minimum Gasteiger partial charge on any atom is -0.152 e. The molecule has 0 amide bonds. The van der Waals surface area contributed by atoms with Gasteiger partial charge >= 0.3 is 0 Å². The average molecular weight is 773 g/mol. The lowest BCUT2D eigenvalue weighted by molar-refractivity contribution is 0.592. The molecule has 0 spiro atoms. The van der Waals surface area contributed by atoms with Gasteiger partial charge < -0.3 is 0 Å². The van der Waals surface area contributed by atoms with E-state index in [-0.39, 0.29) is 10.8 Å². The zero-order valence-corrected chi connectivity index (χ0v) is 34.9. The van der Waals surface area contributed by atoms with E-state index in [9.17, 15) is 0 Å². The van der Waals surface area contributed by atoms with E-state index < -0.39 is 0 Å². The lowest BCUT2D eigenvalue weighted by atomic mass is 9.89. The molecule has 0 unspecified atom stereocenters. The molecule has 0 aliphatic carbocycles. The standard InChI is InChI=1S/C8H11BrS.C8H10Cl2S.C8H11ClS.C8H12S.C2H6/c1-8(2,3)6-4-5-7(9)10-6;1-8(2,3)5-4-6(9)11-7(5)10;1-8(2,3)7-6(9)4-5-10-7;1-8(2,3)7-4-5-9-6-7;1-2/h4-5H,1-3H3;4H,1-3H3;4-5H,1-3H3;4-6H,1-3H3;1-2H3. The van der Waals surface area contributed by atoms with Crippen molar-refractivity contribution >= 4 is 96.1 Å². The highest BCUT2D eigenvalue weighted by molar-refractivity contribution is 9.11. The van der Waals surface area contributed by atoms with Gasteiger partial charge in [0, 0.05) is 9.75 Å². The predicted molar refractivity (Wildman–Crippen MR) is 206 cm³/mol. The van der Waals surface area contributed by atoms with E-state index in [4.69, 9.17) is 34.8 Å². The minimum atomic E-state index is 0.0979. The Kier molecular flexibility index (Phi) is 18.4. The van der Waals surface area contributed by atoms with E-state index >= 15 is 0 Å². The maximum Gasteiger partial charge on any atom is 0.0981 e. The van der Waals surface area contributed by atoms with Crippen molar-refractivity contribution < 1.29 is 0 Å². The van der Waals surface area contributed by atoms with Gasteiger partial charge in [0.05, 0.1) is 17.5 Å². The summed E-state index contributed by atoms with van der Waals surface area (Å²) < 4.78 is 2.79. The summed E-state index contributed by atoms with van der Waals surface area (Å²) in [4.78, 5) is 2.70. The van der Waals surface area contributed by atoms with Gasteiger partial charge in [0.25, 0.3) is 0 Å². The highest BCUT2D eigenvalue weighted by atomic mass is 79.9. The van der Waals surface area contributed by atoms with Gasteiger partial charge in [-0.3, -0.25) is 0 Å². The Balaban J connectivity index is 0.000000524. The summed E-state index contributed by atoms with van der Waals surface area (Å²) in [6.07, 6.45) is 0. The van der Waals surface area contributed by atoms with Crippen molar-refractivity contribution in [1.82, 2.24) is 0 Å². The van der Waals surface area contributed by atoms with Crippen molar-refractivity contribution in [3.05, 3.63) is 84.8 Å². The summed E-state index contributed by atoms with van der Waals surface area (Å²) in [6.45, 7) is 30.3. The summed E-state index contributed by atoms with van der Waals surface area (Å²) in [7, 11) is 0. The van der Waals surface area contributed by atoms with Crippen LogP contribution in [0, 0.1) is 0 Å². The van der Waals surface area contributed by atoms with Crippen molar-refractivity contribution in [3.8, 4) is 0 Å². The van der Waals surface area contributed by atoms with Gasteiger partial charge in [0.2, 0.25) is 0 Å². The largest absolute Gasteiger partial charge is 0.152 e. The molecule has 0 fully saturated rings. The van der Waals surface area contributed by atoms with Gasteiger partial charge in [-0.15, -0.1) is 34.0 Å². The summed E-state index contributed by atoms with van der Waals surface area (Å²) in [5.74, 6) is 0. The predicted octanol–water partition coefficient (Wildman–Crippen LogP) is 15.9. The topological polar surface area (TPSA) is 0 Å². The lowest BCUT2D eigenvalue weighted by Gasteiger charge is -2.16.